The van der Waals surface area contributed by atoms with Gasteiger partial charge in [-0.25, -0.2) is 0 Å². The predicted octanol–water partition coefficient (Wildman–Crippen LogP) is 1.22. The Kier molecular flexibility index (Phi) is 5.15. The number of hydrogen-bond donors (Lipinski definition) is 1. The van der Waals surface area contributed by atoms with E-state index in [4.69, 9.17) is 4.74 Å². The fraction of sp³-hybridized carbons (Fsp3) is 0.667. The minimum Gasteiger partial charge on any atom is -0.477 e. The molecule has 1 N–H and O–H groups in total. The van der Waals surface area contributed by atoms with Crippen LogP contribution in [0, 0.1) is 0 Å². The molecule has 0 aromatic carbocycles. The van der Waals surface area contributed by atoms with Crippen LogP contribution in [0.2, 0.25) is 0 Å². The van der Waals surface area contributed by atoms with Gasteiger partial charge in [-0.05, 0) is 20.5 Å². The lowest BCUT2D eigenvalue weighted by atomic mass is 10.2. The highest BCUT2D eigenvalue weighted by Crippen LogP contribution is 2.10. The fourth-order valence-electron chi connectivity index (χ4n) is 1.36. The second-order valence-corrected chi connectivity index (χ2v) is 4.63. The van der Waals surface area contributed by atoms with E-state index in [-0.39, 0.29) is 11.5 Å². The molecule has 0 atom stereocenters. The van der Waals surface area contributed by atoms with Crippen molar-refractivity contribution in [2.75, 3.05) is 27.2 Å². The fourth-order valence-corrected chi connectivity index (χ4v) is 1.36. The number of nitrogens with zero attached hydrogens (tertiary/aromatic N) is 2. The first kappa shape index (κ1) is 13.7. The van der Waals surface area contributed by atoms with Crippen molar-refractivity contribution in [3.05, 3.63) is 22.2 Å². The van der Waals surface area contributed by atoms with Gasteiger partial charge in [-0.1, -0.05) is 13.8 Å². The molecule has 5 nitrogen and oxygen atoms in total. The summed E-state index contributed by atoms with van der Waals surface area (Å²) in [5.41, 5.74) is -0.161. The highest BCUT2D eigenvalue weighted by Gasteiger charge is 2.05. The second-order valence-electron chi connectivity index (χ2n) is 4.63. The average molecular weight is 239 g/mol. The Morgan fingerprint density at radius 3 is 2.76 bits per heavy atom. The van der Waals surface area contributed by atoms with Crippen LogP contribution in [0.5, 0.6) is 5.88 Å². The lowest BCUT2D eigenvalue weighted by Crippen LogP contribution is -2.17. The smallest absolute Gasteiger partial charge is 0.254 e. The second kappa shape index (κ2) is 6.39. The Labute approximate surface area is 102 Å². The maximum absolute atomic E-state index is 11.4. The standard InChI is InChI=1S/C12H21N3O2/c1-9(2)12-13-10(16)8-11(14-12)17-7-5-6-15(3)4/h8-9H,5-7H2,1-4H3,(H,13,14,16). The molecule has 0 aliphatic rings. The Morgan fingerprint density at radius 1 is 1.47 bits per heavy atom. The van der Waals surface area contributed by atoms with Crippen LogP contribution in [-0.4, -0.2) is 42.1 Å². The van der Waals surface area contributed by atoms with Crippen molar-refractivity contribution in [1.29, 1.82) is 0 Å². The van der Waals surface area contributed by atoms with Gasteiger partial charge in [0.25, 0.3) is 5.56 Å². The summed E-state index contributed by atoms with van der Waals surface area (Å²) in [4.78, 5) is 20.4. The molecular weight excluding hydrogens is 218 g/mol. The van der Waals surface area contributed by atoms with Crippen molar-refractivity contribution in [2.24, 2.45) is 0 Å². The molecule has 0 saturated heterocycles. The summed E-state index contributed by atoms with van der Waals surface area (Å²) >= 11 is 0. The van der Waals surface area contributed by atoms with Crippen molar-refractivity contribution in [1.82, 2.24) is 14.9 Å². The van der Waals surface area contributed by atoms with E-state index >= 15 is 0 Å². The van der Waals surface area contributed by atoms with Gasteiger partial charge < -0.3 is 14.6 Å². The quantitative estimate of drug-likeness (QED) is 0.758. The van der Waals surface area contributed by atoms with Crippen molar-refractivity contribution in [2.45, 2.75) is 26.2 Å². The molecule has 17 heavy (non-hydrogen) atoms. The van der Waals surface area contributed by atoms with Crippen LogP contribution in [0.25, 0.3) is 0 Å². The van der Waals surface area contributed by atoms with Gasteiger partial charge >= 0.3 is 0 Å². The highest BCUT2D eigenvalue weighted by atomic mass is 16.5. The number of hydrogen-bond acceptors (Lipinski definition) is 4. The molecule has 0 unspecified atom stereocenters. The Hall–Kier alpha value is -1.36. The van der Waals surface area contributed by atoms with Crippen molar-refractivity contribution >= 4 is 0 Å². The van der Waals surface area contributed by atoms with Crippen molar-refractivity contribution < 1.29 is 4.74 Å². The van der Waals surface area contributed by atoms with E-state index in [0.717, 1.165) is 13.0 Å². The molecule has 1 aromatic heterocycles. The summed E-state index contributed by atoms with van der Waals surface area (Å²) in [6.07, 6.45) is 0.915. The van der Waals surface area contributed by atoms with Crippen LogP contribution in [-0.2, 0) is 0 Å². The van der Waals surface area contributed by atoms with Gasteiger partial charge in [-0.15, -0.1) is 0 Å². The van der Waals surface area contributed by atoms with Gasteiger partial charge in [-0.2, -0.15) is 4.98 Å². The van der Waals surface area contributed by atoms with Crippen LogP contribution < -0.4 is 10.3 Å². The lowest BCUT2D eigenvalue weighted by Gasteiger charge is -2.10. The summed E-state index contributed by atoms with van der Waals surface area (Å²) in [7, 11) is 4.03. The molecule has 0 saturated carbocycles. The summed E-state index contributed by atoms with van der Waals surface area (Å²) < 4.78 is 5.47. The number of H-pyrrole nitrogens is 1. The molecule has 0 radical (unpaired) electrons. The molecule has 96 valence electrons. The maximum Gasteiger partial charge on any atom is 0.254 e. The molecule has 1 heterocycles. The number of aromatic amines is 1. The average Bonchev–Trinajstić information content (AvgIpc) is 2.23. The Morgan fingerprint density at radius 2 is 2.18 bits per heavy atom. The number of rotatable bonds is 6. The van der Waals surface area contributed by atoms with Gasteiger partial charge in [0, 0.05) is 12.5 Å². The zero-order valence-corrected chi connectivity index (χ0v) is 11.0. The topological polar surface area (TPSA) is 58.2 Å². The third-order valence-electron chi connectivity index (χ3n) is 2.28. The molecule has 1 rings (SSSR count). The summed E-state index contributed by atoms with van der Waals surface area (Å²) in [5.74, 6) is 1.27. The monoisotopic (exact) mass is 239 g/mol. The van der Waals surface area contributed by atoms with E-state index in [9.17, 15) is 4.79 Å². The molecule has 0 bridgehead atoms. The molecule has 0 fully saturated rings. The van der Waals surface area contributed by atoms with Crippen LogP contribution in [0.3, 0.4) is 0 Å². The Bertz CT molecular complexity index is 399. The van der Waals surface area contributed by atoms with Gasteiger partial charge in [-0.3, -0.25) is 4.79 Å². The molecule has 5 heteroatoms. The number of aromatic nitrogens is 2. The van der Waals surface area contributed by atoms with Crippen LogP contribution in [0.4, 0.5) is 0 Å². The summed E-state index contributed by atoms with van der Waals surface area (Å²) in [6.45, 7) is 5.49. The van der Waals surface area contributed by atoms with E-state index < -0.39 is 0 Å². The Balaban J connectivity index is 2.56. The first-order valence-corrected chi connectivity index (χ1v) is 5.88. The highest BCUT2D eigenvalue weighted by molar-refractivity contribution is 5.10. The molecular formula is C12H21N3O2. The van der Waals surface area contributed by atoms with Gasteiger partial charge in [0.1, 0.15) is 5.82 Å². The first-order chi connectivity index (χ1) is 7.99. The molecule has 0 spiro atoms. The third kappa shape index (κ3) is 4.99. The first-order valence-electron chi connectivity index (χ1n) is 5.88. The van der Waals surface area contributed by atoms with E-state index in [0.29, 0.717) is 18.3 Å². The zero-order chi connectivity index (χ0) is 12.8. The molecule has 0 aliphatic carbocycles. The van der Waals surface area contributed by atoms with E-state index in [2.05, 4.69) is 14.9 Å². The summed E-state index contributed by atoms with van der Waals surface area (Å²) in [5, 5.41) is 0. The predicted molar refractivity (Wildman–Crippen MR) is 67.6 cm³/mol. The van der Waals surface area contributed by atoms with Gasteiger partial charge in [0.15, 0.2) is 0 Å². The molecule has 0 amide bonds. The minimum atomic E-state index is -0.161. The SMILES string of the molecule is CC(C)c1nc(OCCCN(C)C)cc(=O)[nH]1. The van der Waals surface area contributed by atoms with Crippen LogP contribution in [0.1, 0.15) is 32.0 Å². The van der Waals surface area contributed by atoms with Crippen molar-refractivity contribution in [3.8, 4) is 5.88 Å². The third-order valence-corrected chi connectivity index (χ3v) is 2.28. The minimum absolute atomic E-state index is 0.161. The summed E-state index contributed by atoms with van der Waals surface area (Å²) in [6, 6.07) is 1.39. The van der Waals surface area contributed by atoms with E-state index in [1.54, 1.807) is 0 Å². The number of ether oxygens (including phenoxy) is 1. The van der Waals surface area contributed by atoms with E-state index in [1.165, 1.54) is 6.07 Å². The molecule has 0 aliphatic heterocycles. The number of nitrogens with one attached hydrogen (secondary N) is 1. The largest absolute Gasteiger partial charge is 0.477 e. The van der Waals surface area contributed by atoms with E-state index in [1.807, 2.05) is 27.9 Å². The van der Waals surface area contributed by atoms with Gasteiger partial charge in [0.2, 0.25) is 5.88 Å². The zero-order valence-electron chi connectivity index (χ0n) is 11.0. The van der Waals surface area contributed by atoms with Crippen LogP contribution >= 0.6 is 0 Å². The molecule has 1 aromatic rings. The van der Waals surface area contributed by atoms with Gasteiger partial charge in [0.05, 0.1) is 12.7 Å². The lowest BCUT2D eigenvalue weighted by molar-refractivity contribution is 0.271. The van der Waals surface area contributed by atoms with Crippen LogP contribution in [0.15, 0.2) is 10.9 Å². The normalized spacial score (nSPS) is 11.2. The van der Waals surface area contributed by atoms with Crippen molar-refractivity contribution in [3.63, 3.8) is 0 Å². The maximum atomic E-state index is 11.4.